The fourth-order valence-corrected chi connectivity index (χ4v) is 1.76. The summed E-state index contributed by atoms with van der Waals surface area (Å²) in [5, 5.41) is 11.9. The van der Waals surface area contributed by atoms with Gasteiger partial charge >= 0.3 is 0 Å². The molecule has 0 heterocycles. The molecule has 0 bridgehead atoms. The number of nitrogens with one attached hydrogen (secondary N) is 1. The van der Waals surface area contributed by atoms with Crippen LogP contribution in [-0.2, 0) is 0 Å². The lowest BCUT2D eigenvalue weighted by atomic mass is 10.1. The molecule has 2 nitrogen and oxygen atoms in total. The molecule has 20 heavy (non-hydrogen) atoms. The van der Waals surface area contributed by atoms with Crippen molar-refractivity contribution in [2.24, 2.45) is 0 Å². The molecule has 0 aromatic heterocycles. The number of anilines is 1. The predicted octanol–water partition coefficient (Wildman–Crippen LogP) is 4.44. The average Bonchev–Trinajstić information content (AvgIpc) is 2.46. The summed E-state index contributed by atoms with van der Waals surface area (Å²) in [5.74, 6) is -0.475. The van der Waals surface area contributed by atoms with E-state index in [9.17, 15) is 13.2 Å². The van der Waals surface area contributed by atoms with Crippen LogP contribution >= 0.6 is 0 Å². The van der Waals surface area contributed by atoms with Crippen molar-refractivity contribution < 1.29 is 13.2 Å². The van der Waals surface area contributed by atoms with Gasteiger partial charge in [-0.05, 0) is 17.7 Å². The van der Waals surface area contributed by atoms with Gasteiger partial charge in [-0.3, -0.25) is 0 Å². The number of hydrogen-bond donors (Lipinski definition) is 1. The van der Waals surface area contributed by atoms with Crippen molar-refractivity contribution in [1.29, 1.82) is 5.26 Å². The summed E-state index contributed by atoms with van der Waals surface area (Å²) >= 11 is 0. The number of benzene rings is 2. The number of para-hydroxylation sites is 1. The van der Waals surface area contributed by atoms with E-state index < -0.39 is 18.3 Å². The lowest BCUT2D eigenvalue weighted by Gasteiger charge is -2.14. The Balaban J connectivity index is 2.21. The SMILES string of the molecule is N#CC(Nc1ccccc1F)c1ccc(C(F)F)cc1. The van der Waals surface area contributed by atoms with Gasteiger partial charge in [0.2, 0.25) is 0 Å². The van der Waals surface area contributed by atoms with Crippen LogP contribution < -0.4 is 5.32 Å². The monoisotopic (exact) mass is 276 g/mol. The third-order valence-electron chi connectivity index (χ3n) is 2.82. The number of alkyl halides is 2. The number of hydrogen-bond acceptors (Lipinski definition) is 2. The van der Waals surface area contributed by atoms with Crippen LogP contribution in [0.25, 0.3) is 0 Å². The maximum absolute atomic E-state index is 13.5. The van der Waals surface area contributed by atoms with E-state index in [4.69, 9.17) is 5.26 Å². The van der Waals surface area contributed by atoms with Crippen molar-refractivity contribution in [2.45, 2.75) is 12.5 Å². The summed E-state index contributed by atoms with van der Waals surface area (Å²) in [6.07, 6.45) is -2.55. The molecule has 0 spiro atoms. The van der Waals surface area contributed by atoms with Crippen molar-refractivity contribution in [2.75, 3.05) is 5.32 Å². The highest BCUT2D eigenvalue weighted by Gasteiger charge is 2.13. The van der Waals surface area contributed by atoms with Gasteiger partial charge in [0, 0.05) is 5.56 Å². The average molecular weight is 276 g/mol. The first-order chi connectivity index (χ1) is 9.61. The van der Waals surface area contributed by atoms with Crippen molar-refractivity contribution in [1.82, 2.24) is 0 Å². The quantitative estimate of drug-likeness (QED) is 0.896. The molecule has 0 aliphatic heterocycles. The highest BCUT2D eigenvalue weighted by molar-refractivity contribution is 5.48. The molecule has 2 aromatic rings. The van der Waals surface area contributed by atoms with Gasteiger partial charge in [0.25, 0.3) is 6.43 Å². The first kappa shape index (κ1) is 13.9. The second-order valence-corrected chi connectivity index (χ2v) is 4.15. The summed E-state index contributed by atoms with van der Waals surface area (Å²) in [4.78, 5) is 0. The Kier molecular flexibility index (Phi) is 4.26. The van der Waals surface area contributed by atoms with Crippen LogP contribution in [0.2, 0.25) is 0 Å². The van der Waals surface area contributed by atoms with Crippen LogP contribution in [0.4, 0.5) is 18.9 Å². The van der Waals surface area contributed by atoms with E-state index in [2.05, 4.69) is 5.32 Å². The molecule has 0 aliphatic rings. The number of nitrogens with zero attached hydrogens (tertiary/aromatic N) is 1. The fourth-order valence-electron chi connectivity index (χ4n) is 1.76. The van der Waals surface area contributed by atoms with E-state index in [0.717, 1.165) is 0 Å². The minimum Gasteiger partial charge on any atom is -0.364 e. The molecule has 0 saturated heterocycles. The molecule has 1 unspecified atom stereocenters. The molecule has 2 rings (SSSR count). The summed E-state index contributed by atoms with van der Waals surface area (Å²) in [6, 6.07) is 12.5. The van der Waals surface area contributed by atoms with Crippen LogP contribution in [0.15, 0.2) is 48.5 Å². The third kappa shape index (κ3) is 3.09. The van der Waals surface area contributed by atoms with E-state index >= 15 is 0 Å². The van der Waals surface area contributed by atoms with Gasteiger partial charge in [0.15, 0.2) is 0 Å². The maximum atomic E-state index is 13.5. The van der Waals surface area contributed by atoms with E-state index in [-0.39, 0.29) is 11.3 Å². The Morgan fingerprint density at radius 2 is 1.55 bits per heavy atom. The largest absolute Gasteiger partial charge is 0.364 e. The summed E-state index contributed by atoms with van der Waals surface area (Å²) in [5.41, 5.74) is 0.577. The summed E-state index contributed by atoms with van der Waals surface area (Å²) < 4.78 is 38.4. The van der Waals surface area contributed by atoms with Gasteiger partial charge in [-0.2, -0.15) is 5.26 Å². The first-order valence-electron chi connectivity index (χ1n) is 5.90. The fraction of sp³-hybridized carbons (Fsp3) is 0.133. The summed E-state index contributed by atoms with van der Waals surface area (Å²) in [7, 11) is 0. The molecule has 0 amide bonds. The highest BCUT2D eigenvalue weighted by atomic mass is 19.3. The van der Waals surface area contributed by atoms with Crippen molar-refractivity contribution in [3.05, 3.63) is 65.5 Å². The molecule has 0 saturated carbocycles. The van der Waals surface area contributed by atoms with Gasteiger partial charge in [0.05, 0.1) is 11.8 Å². The van der Waals surface area contributed by atoms with Crippen LogP contribution in [0.3, 0.4) is 0 Å². The second kappa shape index (κ2) is 6.11. The normalized spacial score (nSPS) is 11.9. The second-order valence-electron chi connectivity index (χ2n) is 4.15. The molecule has 5 heteroatoms. The Labute approximate surface area is 114 Å². The molecule has 102 valence electrons. The zero-order valence-corrected chi connectivity index (χ0v) is 10.4. The Bertz CT molecular complexity index is 618. The molecule has 0 fully saturated rings. The van der Waals surface area contributed by atoms with E-state index in [1.165, 1.54) is 36.4 Å². The summed E-state index contributed by atoms with van der Waals surface area (Å²) in [6.45, 7) is 0. The maximum Gasteiger partial charge on any atom is 0.263 e. The van der Waals surface area contributed by atoms with Gasteiger partial charge in [0.1, 0.15) is 11.9 Å². The lowest BCUT2D eigenvalue weighted by Crippen LogP contribution is -2.09. The third-order valence-corrected chi connectivity index (χ3v) is 2.82. The van der Waals surface area contributed by atoms with E-state index in [1.54, 1.807) is 12.1 Å². The Hall–Kier alpha value is -2.48. The molecule has 1 N–H and O–H groups in total. The smallest absolute Gasteiger partial charge is 0.263 e. The van der Waals surface area contributed by atoms with Crippen LogP contribution in [-0.4, -0.2) is 0 Å². The zero-order chi connectivity index (χ0) is 14.5. The Morgan fingerprint density at radius 1 is 0.950 bits per heavy atom. The van der Waals surface area contributed by atoms with Gasteiger partial charge < -0.3 is 5.32 Å². The lowest BCUT2D eigenvalue weighted by molar-refractivity contribution is 0.151. The topological polar surface area (TPSA) is 35.8 Å². The van der Waals surface area contributed by atoms with E-state index in [1.807, 2.05) is 6.07 Å². The number of nitriles is 1. The van der Waals surface area contributed by atoms with Crippen LogP contribution in [0, 0.1) is 17.1 Å². The van der Waals surface area contributed by atoms with Gasteiger partial charge in [-0.1, -0.05) is 36.4 Å². The van der Waals surface area contributed by atoms with Gasteiger partial charge in [-0.25, -0.2) is 13.2 Å². The molecule has 1 atom stereocenters. The zero-order valence-electron chi connectivity index (χ0n) is 10.4. The van der Waals surface area contributed by atoms with Crippen LogP contribution in [0.1, 0.15) is 23.6 Å². The standard InChI is InChI=1S/C15H11F3N2/c16-12-3-1-2-4-13(12)20-14(9-19)10-5-7-11(8-6-10)15(17)18/h1-8,14-15,20H. The molecule has 0 aliphatic carbocycles. The van der Waals surface area contributed by atoms with Gasteiger partial charge in [-0.15, -0.1) is 0 Å². The van der Waals surface area contributed by atoms with Crippen molar-refractivity contribution >= 4 is 5.69 Å². The molecule has 2 aromatic carbocycles. The predicted molar refractivity (Wildman–Crippen MR) is 69.8 cm³/mol. The number of rotatable bonds is 4. The van der Waals surface area contributed by atoms with E-state index in [0.29, 0.717) is 5.56 Å². The van der Waals surface area contributed by atoms with Crippen LogP contribution in [0.5, 0.6) is 0 Å². The molecule has 0 radical (unpaired) electrons. The van der Waals surface area contributed by atoms with Crippen molar-refractivity contribution in [3.8, 4) is 6.07 Å². The minimum absolute atomic E-state index is 0.115. The number of halogens is 3. The van der Waals surface area contributed by atoms with Crippen molar-refractivity contribution in [3.63, 3.8) is 0 Å². The first-order valence-corrected chi connectivity index (χ1v) is 5.90. The molecular weight excluding hydrogens is 265 g/mol. The minimum atomic E-state index is -2.55. The molecular formula is C15H11F3N2. The highest BCUT2D eigenvalue weighted by Crippen LogP contribution is 2.24. The Morgan fingerprint density at radius 3 is 2.10 bits per heavy atom.